The number of esters is 1. The number of hydrogen-bond donors (Lipinski definition) is 1. The first kappa shape index (κ1) is 16.2. The van der Waals surface area contributed by atoms with Gasteiger partial charge < -0.3 is 10.1 Å². The molecule has 1 aliphatic heterocycles. The number of hydrogen-bond acceptors (Lipinski definition) is 3. The van der Waals surface area contributed by atoms with Crippen LogP contribution in [-0.2, 0) is 16.0 Å². The molecule has 0 bridgehead atoms. The summed E-state index contributed by atoms with van der Waals surface area (Å²) in [5, 5.41) is 2.84. The summed E-state index contributed by atoms with van der Waals surface area (Å²) in [6.07, 6.45) is 0.316. The van der Waals surface area contributed by atoms with Crippen molar-refractivity contribution in [2.45, 2.75) is 31.9 Å². The second-order valence-corrected chi connectivity index (χ2v) is 6.20. The molecule has 3 rings (SSSR count). The van der Waals surface area contributed by atoms with Gasteiger partial charge in [-0.3, -0.25) is 4.79 Å². The van der Waals surface area contributed by atoms with Crippen molar-refractivity contribution in [1.82, 2.24) is 5.32 Å². The topological polar surface area (TPSA) is 55.4 Å². The molecule has 2 aromatic rings. The second-order valence-electron chi connectivity index (χ2n) is 6.20. The monoisotopic (exact) mass is 327 g/mol. The number of ether oxygens (including phenoxy) is 1. The first-order chi connectivity index (χ1) is 11.4. The summed E-state index contributed by atoms with van der Waals surface area (Å²) in [4.78, 5) is 24.8. The molecule has 0 saturated heterocycles. The number of amides is 1. The highest BCUT2D eigenvalue weighted by Gasteiger charge is 2.42. The fraction of sp³-hybridized carbons (Fsp3) is 0.263. The van der Waals surface area contributed by atoms with Crippen LogP contribution in [0.4, 0.5) is 4.39 Å². The van der Waals surface area contributed by atoms with Crippen molar-refractivity contribution < 1.29 is 18.7 Å². The van der Waals surface area contributed by atoms with Crippen LogP contribution in [0, 0.1) is 5.82 Å². The molecule has 0 aliphatic carbocycles. The van der Waals surface area contributed by atoms with Crippen molar-refractivity contribution in [3.63, 3.8) is 0 Å². The van der Waals surface area contributed by atoms with E-state index in [1.807, 2.05) is 12.1 Å². The van der Waals surface area contributed by atoms with Gasteiger partial charge in [-0.05, 0) is 43.2 Å². The Hall–Kier alpha value is -2.69. The number of carbonyl (C=O) groups excluding carboxylic acids is 2. The summed E-state index contributed by atoms with van der Waals surface area (Å²) < 4.78 is 18.4. The number of fused-ring (bicyclic) bond motifs is 1. The van der Waals surface area contributed by atoms with Crippen LogP contribution in [0.15, 0.2) is 48.5 Å². The third kappa shape index (κ3) is 3.02. The number of cyclic esters (lactones) is 1. The molecule has 0 fully saturated rings. The molecular weight excluding hydrogens is 309 g/mol. The van der Waals surface area contributed by atoms with Gasteiger partial charge in [-0.15, -0.1) is 0 Å². The highest BCUT2D eigenvalue weighted by Crippen LogP contribution is 2.29. The summed E-state index contributed by atoms with van der Waals surface area (Å²) in [5.74, 6) is -1.20. The second kappa shape index (κ2) is 6.07. The number of halogens is 1. The maximum absolute atomic E-state index is 13.0. The fourth-order valence-electron chi connectivity index (χ4n) is 2.84. The smallest absolute Gasteiger partial charge is 0.339 e. The van der Waals surface area contributed by atoms with Crippen molar-refractivity contribution in [2.24, 2.45) is 0 Å². The third-order valence-electron chi connectivity index (χ3n) is 4.28. The minimum atomic E-state index is -1.26. The Balaban J connectivity index is 1.77. The van der Waals surface area contributed by atoms with Gasteiger partial charge in [-0.25, -0.2) is 9.18 Å². The standard InChI is InChI=1S/C19H18FNO3/c1-12(13-7-9-15(20)10-8-13)21-18(23)19(2)11-14-5-3-4-6-16(14)17(22)24-19/h3-10,12H,11H2,1-2H3,(H,21,23). The molecule has 0 aromatic heterocycles. The Kier molecular flexibility index (Phi) is 4.09. The Bertz CT molecular complexity index is 787. The van der Waals surface area contributed by atoms with Gasteiger partial charge in [0, 0.05) is 6.42 Å². The summed E-state index contributed by atoms with van der Waals surface area (Å²) in [6, 6.07) is 12.7. The van der Waals surface area contributed by atoms with E-state index >= 15 is 0 Å². The highest BCUT2D eigenvalue weighted by molar-refractivity contribution is 5.97. The molecule has 124 valence electrons. The zero-order chi connectivity index (χ0) is 17.3. The van der Waals surface area contributed by atoms with Gasteiger partial charge >= 0.3 is 5.97 Å². The lowest BCUT2D eigenvalue weighted by Crippen LogP contribution is -2.52. The van der Waals surface area contributed by atoms with E-state index in [1.165, 1.54) is 12.1 Å². The average Bonchev–Trinajstić information content (AvgIpc) is 2.55. The normalized spacial score (nSPS) is 20.7. The van der Waals surface area contributed by atoms with E-state index in [0.717, 1.165) is 11.1 Å². The van der Waals surface area contributed by atoms with Gasteiger partial charge in [-0.2, -0.15) is 0 Å². The highest BCUT2D eigenvalue weighted by atomic mass is 19.1. The van der Waals surface area contributed by atoms with Crippen LogP contribution >= 0.6 is 0 Å². The maximum Gasteiger partial charge on any atom is 0.339 e. The molecule has 1 heterocycles. The maximum atomic E-state index is 13.0. The van der Waals surface area contributed by atoms with Crippen LogP contribution in [0.5, 0.6) is 0 Å². The van der Waals surface area contributed by atoms with Crippen LogP contribution in [0.3, 0.4) is 0 Å². The predicted molar refractivity (Wildman–Crippen MR) is 86.9 cm³/mol. The molecule has 4 nitrogen and oxygen atoms in total. The van der Waals surface area contributed by atoms with Crippen molar-refractivity contribution >= 4 is 11.9 Å². The van der Waals surface area contributed by atoms with E-state index in [4.69, 9.17) is 4.74 Å². The van der Waals surface area contributed by atoms with E-state index in [1.54, 1.807) is 38.1 Å². The molecular formula is C19H18FNO3. The Labute approximate surface area is 139 Å². The zero-order valence-electron chi connectivity index (χ0n) is 13.5. The first-order valence-corrected chi connectivity index (χ1v) is 7.77. The Morgan fingerprint density at radius 2 is 1.88 bits per heavy atom. The van der Waals surface area contributed by atoms with E-state index in [2.05, 4.69) is 5.32 Å². The minimum absolute atomic E-state index is 0.316. The van der Waals surface area contributed by atoms with Crippen LogP contribution in [-0.4, -0.2) is 17.5 Å². The molecule has 0 spiro atoms. The van der Waals surface area contributed by atoms with Crippen LogP contribution < -0.4 is 5.32 Å². The van der Waals surface area contributed by atoms with Crippen LogP contribution in [0.2, 0.25) is 0 Å². The van der Waals surface area contributed by atoms with Crippen molar-refractivity contribution in [3.05, 3.63) is 71.0 Å². The lowest BCUT2D eigenvalue weighted by Gasteiger charge is -2.34. The van der Waals surface area contributed by atoms with E-state index < -0.39 is 11.6 Å². The van der Waals surface area contributed by atoms with Crippen molar-refractivity contribution in [3.8, 4) is 0 Å². The zero-order valence-corrected chi connectivity index (χ0v) is 13.5. The molecule has 0 radical (unpaired) electrons. The first-order valence-electron chi connectivity index (χ1n) is 7.77. The van der Waals surface area contributed by atoms with E-state index in [9.17, 15) is 14.0 Å². The van der Waals surface area contributed by atoms with Gasteiger partial charge in [0.1, 0.15) is 5.82 Å². The summed E-state index contributed by atoms with van der Waals surface area (Å²) in [6.45, 7) is 3.40. The number of rotatable bonds is 3. The summed E-state index contributed by atoms with van der Waals surface area (Å²) in [5.41, 5.74) is 0.797. The van der Waals surface area contributed by atoms with Gasteiger partial charge in [0.2, 0.25) is 0 Å². The Morgan fingerprint density at radius 1 is 1.21 bits per heavy atom. The largest absolute Gasteiger partial charge is 0.445 e. The molecule has 2 unspecified atom stereocenters. The van der Waals surface area contributed by atoms with E-state index in [0.29, 0.717) is 12.0 Å². The molecule has 2 aromatic carbocycles. The minimum Gasteiger partial charge on any atom is -0.445 e. The molecule has 2 atom stereocenters. The predicted octanol–water partition coefficient (Wildman–Crippen LogP) is 3.17. The third-order valence-corrected chi connectivity index (χ3v) is 4.28. The molecule has 0 saturated carbocycles. The van der Waals surface area contributed by atoms with E-state index in [-0.39, 0.29) is 17.8 Å². The Morgan fingerprint density at radius 3 is 2.58 bits per heavy atom. The van der Waals surface area contributed by atoms with Gasteiger partial charge in [0.05, 0.1) is 11.6 Å². The lowest BCUT2D eigenvalue weighted by atomic mass is 9.89. The van der Waals surface area contributed by atoms with Gasteiger partial charge in [0.15, 0.2) is 5.60 Å². The fourth-order valence-corrected chi connectivity index (χ4v) is 2.84. The van der Waals surface area contributed by atoms with Crippen molar-refractivity contribution in [1.29, 1.82) is 0 Å². The molecule has 1 amide bonds. The molecule has 1 N–H and O–H groups in total. The molecule has 1 aliphatic rings. The average molecular weight is 327 g/mol. The lowest BCUT2D eigenvalue weighted by molar-refractivity contribution is -0.140. The summed E-state index contributed by atoms with van der Waals surface area (Å²) >= 11 is 0. The number of benzene rings is 2. The number of carbonyl (C=O) groups is 2. The van der Waals surface area contributed by atoms with Crippen LogP contribution in [0.1, 0.15) is 41.4 Å². The summed E-state index contributed by atoms with van der Waals surface area (Å²) in [7, 11) is 0. The van der Waals surface area contributed by atoms with Crippen LogP contribution in [0.25, 0.3) is 0 Å². The molecule has 5 heteroatoms. The SMILES string of the molecule is CC(NC(=O)C1(C)Cc2ccccc2C(=O)O1)c1ccc(F)cc1. The quantitative estimate of drug-likeness (QED) is 0.881. The van der Waals surface area contributed by atoms with Crippen molar-refractivity contribution in [2.75, 3.05) is 0 Å². The van der Waals surface area contributed by atoms with Gasteiger partial charge in [0.25, 0.3) is 5.91 Å². The number of nitrogens with one attached hydrogen (secondary N) is 1. The molecule has 24 heavy (non-hydrogen) atoms. The van der Waals surface area contributed by atoms with Gasteiger partial charge in [-0.1, -0.05) is 30.3 Å².